The fourth-order valence-electron chi connectivity index (χ4n) is 2.26. The van der Waals surface area contributed by atoms with Gasteiger partial charge in [-0.15, -0.1) is 24.0 Å². The van der Waals surface area contributed by atoms with Gasteiger partial charge in [-0.05, 0) is 33.8 Å². The van der Waals surface area contributed by atoms with E-state index < -0.39 is 0 Å². The van der Waals surface area contributed by atoms with E-state index in [1.165, 1.54) is 12.1 Å². The lowest BCUT2D eigenvalue weighted by Crippen LogP contribution is -2.41. The van der Waals surface area contributed by atoms with Crippen LogP contribution < -0.4 is 5.32 Å². The lowest BCUT2D eigenvalue weighted by Gasteiger charge is -2.23. The zero-order valence-corrected chi connectivity index (χ0v) is 16.7. The molecule has 1 aliphatic carbocycles. The third kappa shape index (κ3) is 4.13. The van der Waals surface area contributed by atoms with Crippen LogP contribution >= 0.6 is 39.9 Å². The number of hydrogen-bond acceptors (Lipinski definition) is 1. The van der Waals surface area contributed by atoms with Gasteiger partial charge in [-0.1, -0.05) is 13.8 Å². The largest absolute Gasteiger partial charge is 0.353 e. The first-order valence-corrected chi connectivity index (χ1v) is 7.38. The van der Waals surface area contributed by atoms with Gasteiger partial charge in [-0.2, -0.15) is 0 Å². The van der Waals surface area contributed by atoms with Crippen molar-refractivity contribution in [1.82, 2.24) is 14.8 Å². The molecule has 1 aromatic heterocycles. The minimum absolute atomic E-state index is 0. The Morgan fingerprint density at radius 3 is 2.60 bits per heavy atom. The molecule has 1 aliphatic rings. The number of aryl methyl sites for hydroxylation is 1. The first kappa shape index (κ1) is 17.8. The van der Waals surface area contributed by atoms with Crippen LogP contribution in [0.2, 0.25) is 0 Å². The molecule has 1 N–H and O–H groups in total. The van der Waals surface area contributed by atoms with E-state index in [1.807, 2.05) is 7.05 Å². The summed E-state index contributed by atoms with van der Waals surface area (Å²) in [7, 11) is 5.98. The summed E-state index contributed by atoms with van der Waals surface area (Å²) in [6.45, 7) is 5.41. The van der Waals surface area contributed by atoms with Crippen LogP contribution in [0.5, 0.6) is 0 Å². The standard InChI is InChI=1S/C14H23BrN4.HI/c1-14(2)7-12(14)17-13(16-3)19(5)9-11-6-10(15)8-18(11)4;/h6,8,12H,7,9H2,1-5H3,(H,16,17);1H. The van der Waals surface area contributed by atoms with E-state index >= 15 is 0 Å². The van der Waals surface area contributed by atoms with Crippen LogP contribution in [-0.4, -0.2) is 35.6 Å². The monoisotopic (exact) mass is 454 g/mol. The Bertz CT molecular complexity index is 495. The maximum atomic E-state index is 4.38. The van der Waals surface area contributed by atoms with Crippen LogP contribution in [0.4, 0.5) is 0 Å². The van der Waals surface area contributed by atoms with E-state index in [2.05, 4.69) is 75.9 Å². The minimum atomic E-state index is 0. The Morgan fingerprint density at radius 2 is 2.20 bits per heavy atom. The van der Waals surface area contributed by atoms with Crippen LogP contribution in [0, 0.1) is 5.41 Å². The molecule has 1 heterocycles. The van der Waals surface area contributed by atoms with E-state index in [0.29, 0.717) is 11.5 Å². The second-order valence-corrected chi connectivity index (χ2v) is 6.97. The molecule has 0 aromatic carbocycles. The van der Waals surface area contributed by atoms with Crippen molar-refractivity contribution in [3.63, 3.8) is 0 Å². The van der Waals surface area contributed by atoms with Crippen LogP contribution in [0.25, 0.3) is 0 Å². The summed E-state index contributed by atoms with van der Waals surface area (Å²) in [5, 5.41) is 3.53. The highest BCUT2D eigenvalue weighted by Crippen LogP contribution is 2.44. The molecule has 2 rings (SSSR count). The van der Waals surface area contributed by atoms with E-state index in [0.717, 1.165) is 17.0 Å². The highest BCUT2D eigenvalue weighted by atomic mass is 127. The second-order valence-electron chi connectivity index (χ2n) is 6.05. The molecule has 4 nitrogen and oxygen atoms in total. The van der Waals surface area contributed by atoms with E-state index in [9.17, 15) is 0 Å². The number of rotatable bonds is 3. The van der Waals surface area contributed by atoms with Gasteiger partial charge in [0.1, 0.15) is 0 Å². The number of aliphatic imine (C=N–C) groups is 1. The van der Waals surface area contributed by atoms with Crippen molar-refractivity contribution in [2.75, 3.05) is 14.1 Å². The van der Waals surface area contributed by atoms with Gasteiger partial charge in [0.2, 0.25) is 0 Å². The Labute approximate surface area is 147 Å². The first-order chi connectivity index (χ1) is 8.83. The molecule has 1 atom stereocenters. The molecule has 1 saturated carbocycles. The predicted octanol–water partition coefficient (Wildman–Crippen LogP) is 3.21. The molecule has 0 amide bonds. The highest BCUT2D eigenvalue weighted by molar-refractivity contribution is 14.0. The average Bonchev–Trinajstić information content (AvgIpc) is 2.78. The quantitative estimate of drug-likeness (QED) is 0.432. The van der Waals surface area contributed by atoms with E-state index in [4.69, 9.17) is 0 Å². The third-order valence-corrected chi connectivity index (χ3v) is 4.30. The van der Waals surface area contributed by atoms with Crippen molar-refractivity contribution in [2.45, 2.75) is 32.9 Å². The summed E-state index contributed by atoms with van der Waals surface area (Å²) in [5.74, 6) is 0.966. The Morgan fingerprint density at radius 1 is 1.60 bits per heavy atom. The summed E-state index contributed by atoms with van der Waals surface area (Å²) >= 11 is 3.51. The van der Waals surface area contributed by atoms with Gasteiger partial charge in [0.25, 0.3) is 0 Å². The van der Waals surface area contributed by atoms with Gasteiger partial charge >= 0.3 is 0 Å². The number of guanidine groups is 1. The summed E-state index contributed by atoms with van der Waals surface area (Å²) in [6.07, 6.45) is 3.29. The fraction of sp³-hybridized carbons (Fsp3) is 0.643. The Balaban J connectivity index is 0.00000200. The van der Waals surface area contributed by atoms with Crippen LogP contribution in [0.15, 0.2) is 21.7 Å². The molecule has 0 saturated heterocycles. The number of hydrogen-bond donors (Lipinski definition) is 1. The van der Waals surface area contributed by atoms with Crippen molar-refractivity contribution in [3.8, 4) is 0 Å². The first-order valence-electron chi connectivity index (χ1n) is 6.58. The SMILES string of the molecule is CN=C(NC1CC1(C)C)N(C)Cc1cc(Br)cn1C.I. The van der Waals surface area contributed by atoms with Gasteiger partial charge < -0.3 is 14.8 Å². The number of nitrogens with one attached hydrogen (secondary N) is 1. The average molecular weight is 455 g/mol. The van der Waals surface area contributed by atoms with Crippen molar-refractivity contribution in [2.24, 2.45) is 17.5 Å². The lowest BCUT2D eigenvalue weighted by molar-refractivity contribution is 0.454. The van der Waals surface area contributed by atoms with Gasteiger partial charge in [0.15, 0.2) is 5.96 Å². The fourth-order valence-corrected chi connectivity index (χ4v) is 2.83. The topological polar surface area (TPSA) is 32.6 Å². The molecule has 1 fully saturated rings. The summed E-state index contributed by atoms with van der Waals surface area (Å²) in [5.41, 5.74) is 1.66. The second kappa shape index (κ2) is 6.68. The molecule has 1 unspecified atom stereocenters. The Kier molecular flexibility index (Phi) is 5.95. The zero-order chi connectivity index (χ0) is 14.2. The molecular weight excluding hydrogens is 431 g/mol. The predicted molar refractivity (Wildman–Crippen MR) is 98.7 cm³/mol. The van der Waals surface area contributed by atoms with Crippen LogP contribution in [0.3, 0.4) is 0 Å². The van der Waals surface area contributed by atoms with Gasteiger partial charge in [-0.3, -0.25) is 4.99 Å². The molecule has 6 heteroatoms. The Hall–Kier alpha value is -0.240. The van der Waals surface area contributed by atoms with Gasteiger partial charge in [-0.25, -0.2) is 0 Å². The molecule has 0 bridgehead atoms. The normalized spacial score (nSPS) is 20.3. The summed E-state index contributed by atoms with van der Waals surface area (Å²) in [6, 6.07) is 2.69. The molecule has 20 heavy (non-hydrogen) atoms. The van der Waals surface area contributed by atoms with Crippen LogP contribution in [0.1, 0.15) is 26.0 Å². The smallest absolute Gasteiger partial charge is 0.193 e. The molecular formula is C14H24BrIN4. The maximum absolute atomic E-state index is 4.38. The van der Waals surface area contributed by atoms with Crippen molar-refractivity contribution < 1.29 is 0 Å². The van der Waals surface area contributed by atoms with Crippen LogP contribution in [-0.2, 0) is 13.6 Å². The minimum Gasteiger partial charge on any atom is -0.353 e. The van der Waals surface area contributed by atoms with Gasteiger partial charge in [0, 0.05) is 43.5 Å². The highest BCUT2D eigenvalue weighted by Gasteiger charge is 2.46. The molecule has 0 aliphatic heterocycles. The van der Waals surface area contributed by atoms with Crippen molar-refractivity contribution in [1.29, 1.82) is 0 Å². The van der Waals surface area contributed by atoms with Crippen molar-refractivity contribution in [3.05, 3.63) is 22.4 Å². The number of nitrogens with zero attached hydrogens (tertiary/aromatic N) is 3. The third-order valence-electron chi connectivity index (χ3n) is 3.86. The van der Waals surface area contributed by atoms with E-state index in [-0.39, 0.29) is 24.0 Å². The molecule has 114 valence electrons. The maximum Gasteiger partial charge on any atom is 0.193 e. The molecule has 1 aromatic rings. The molecule has 0 radical (unpaired) electrons. The lowest BCUT2D eigenvalue weighted by atomic mass is 10.2. The van der Waals surface area contributed by atoms with E-state index in [1.54, 1.807) is 0 Å². The number of halogens is 2. The van der Waals surface area contributed by atoms with Crippen molar-refractivity contribution >= 4 is 45.9 Å². The molecule has 0 spiro atoms. The summed E-state index contributed by atoms with van der Waals surface area (Å²) in [4.78, 5) is 6.54. The van der Waals surface area contributed by atoms with Gasteiger partial charge in [0.05, 0.1) is 6.54 Å². The summed E-state index contributed by atoms with van der Waals surface area (Å²) < 4.78 is 3.25. The zero-order valence-electron chi connectivity index (χ0n) is 12.8. The number of aromatic nitrogens is 1.